The largest absolute Gasteiger partial charge is 0.307 e. The highest BCUT2D eigenvalue weighted by atomic mass is 15.1. The van der Waals surface area contributed by atoms with Gasteiger partial charge in [-0.1, -0.05) is 127 Å². The van der Waals surface area contributed by atoms with Crippen LogP contribution in [0.1, 0.15) is 16.7 Å². The van der Waals surface area contributed by atoms with Gasteiger partial charge in [-0.25, -0.2) is 0 Å². The van der Waals surface area contributed by atoms with E-state index in [-0.39, 0.29) is 0 Å². The lowest BCUT2D eigenvalue weighted by atomic mass is 9.90. The molecule has 280 valence electrons. The minimum atomic E-state index is 0.350. The monoisotopic (exact) mass is 774 g/mol. The predicted octanol–water partition coefficient (Wildman–Crippen LogP) is 13.4. The SMILES string of the molecule is N#Cc1ccc2c(c1)c1ccccc1n2-c1c(C#N)c(-n2c3ccccc3c3ccccc32)c(-c2ccc3ccccc3c2)c(-n2c3ccccc3c3ccccc32)c1C#N. The van der Waals surface area contributed by atoms with Crippen molar-refractivity contribution < 1.29 is 0 Å². The molecule has 9 aromatic carbocycles. The van der Waals surface area contributed by atoms with Crippen LogP contribution in [-0.2, 0) is 0 Å². The molecule has 3 heterocycles. The van der Waals surface area contributed by atoms with E-state index < -0.39 is 0 Å². The molecule has 0 bridgehead atoms. The molecule has 0 fully saturated rings. The molecule has 0 saturated carbocycles. The third kappa shape index (κ3) is 4.75. The van der Waals surface area contributed by atoms with Crippen molar-refractivity contribution in [3.05, 3.63) is 199 Å². The van der Waals surface area contributed by atoms with Gasteiger partial charge in [-0.3, -0.25) is 0 Å². The Kier molecular flexibility index (Phi) is 7.32. The zero-order valence-corrected chi connectivity index (χ0v) is 32.5. The summed E-state index contributed by atoms with van der Waals surface area (Å²) in [5.74, 6) is 0. The summed E-state index contributed by atoms with van der Waals surface area (Å²) in [6.07, 6.45) is 0. The summed E-state index contributed by atoms with van der Waals surface area (Å²) in [6.45, 7) is 0. The summed E-state index contributed by atoms with van der Waals surface area (Å²) < 4.78 is 6.54. The van der Waals surface area contributed by atoms with E-state index >= 15 is 0 Å². The molecule has 0 spiro atoms. The van der Waals surface area contributed by atoms with E-state index in [9.17, 15) is 15.8 Å². The third-order valence-electron chi connectivity index (χ3n) is 12.3. The molecule has 0 amide bonds. The fourth-order valence-electron chi connectivity index (χ4n) is 9.82. The first-order chi connectivity index (χ1) is 30.2. The highest BCUT2D eigenvalue weighted by molar-refractivity contribution is 6.15. The van der Waals surface area contributed by atoms with Gasteiger partial charge in [-0.15, -0.1) is 0 Å². The molecule has 6 heteroatoms. The molecule has 0 aliphatic heterocycles. The normalized spacial score (nSPS) is 11.6. The standard InChI is InChI=1S/C55H30N6/c56-31-34-25-28-51-43(29-34)42-19-7-12-24-50(42)59(51)53-44(32-57)54(60-46-20-8-3-15-38(46)39-16-4-9-21-47(39)60)52(37-27-26-35-13-1-2-14-36(35)30-37)55(45(53)33-58)61-48-22-10-5-17-40(48)41-18-6-11-23-49(41)61/h1-30H. The van der Waals surface area contributed by atoms with Crippen LogP contribution in [0.4, 0.5) is 0 Å². The summed E-state index contributed by atoms with van der Waals surface area (Å²) >= 11 is 0. The molecular weight excluding hydrogens is 745 g/mol. The van der Waals surface area contributed by atoms with E-state index in [2.05, 4.69) is 135 Å². The third-order valence-corrected chi connectivity index (χ3v) is 12.3. The van der Waals surface area contributed by atoms with Gasteiger partial charge in [0, 0.05) is 37.9 Å². The molecule has 0 aliphatic rings. The van der Waals surface area contributed by atoms with Crippen LogP contribution in [0.5, 0.6) is 0 Å². The molecule has 12 aromatic rings. The van der Waals surface area contributed by atoms with Crippen molar-refractivity contribution in [2.75, 3.05) is 0 Å². The van der Waals surface area contributed by atoms with Crippen molar-refractivity contribution in [2.24, 2.45) is 0 Å². The van der Waals surface area contributed by atoms with E-state index in [0.29, 0.717) is 33.8 Å². The number of benzene rings is 9. The number of nitriles is 3. The van der Waals surface area contributed by atoms with Crippen molar-refractivity contribution in [1.82, 2.24) is 13.7 Å². The Balaban J connectivity index is 1.41. The van der Waals surface area contributed by atoms with Crippen molar-refractivity contribution >= 4 is 76.2 Å². The molecular formula is C55H30N6. The van der Waals surface area contributed by atoms with Gasteiger partial charge in [-0.05, 0) is 70.9 Å². The number of fused-ring (bicyclic) bond motifs is 10. The minimum Gasteiger partial charge on any atom is -0.307 e. The van der Waals surface area contributed by atoms with Crippen LogP contribution in [0.15, 0.2) is 182 Å². The van der Waals surface area contributed by atoms with Gasteiger partial charge in [0.05, 0.1) is 61.8 Å². The molecule has 0 N–H and O–H groups in total. The Labute approximate surface area is 349 Å². The Morgan fingerprint density at radius 1 is 0.311 bits per heavy atom. The van der Waals surface area contributed by atoms with Crippen molar-refractivity contribution in [1.29, 1.82) is 15.8 Å². The van der Waals surface area contributed by atoms with Crippen LogP contribution in [-0.4, -0.2) is 13.7 Å². The van der Waals surface area contributed by atoms with Crippen molar-refractivity contribution in [3.8, 4) is 46.4 Å². The lowest BCUT2D eigenvalue weighted by Gasteiger charge is -2.26. The number of aromatic nitrogens is 3. The van der Waals surface area contributed by atoms with Crippen molar-refractivity contribution in [2.45, 2.75) is 0 Å². The lowest BCUT2D eigenvalue weighted by molar-refractivity contribution is 1.08. The number of rotatable bonds is 4. The highest BCUT2D eigenvalue weighted by Crippen LogP contribution is 2.49. The van der Waals surface area contributed by atoms with Gasteiger partial charge in [0.25, 0.3) is 0 Å². The maximum atomic E-state index is 12.0. The molecule has 0 aliphatic carbocycles. The first-order valence-corrected chi connectivity index (χ1v) is 20.1. The summed E-state index contributed by atoms with van der Waals surface area (Å²) in [6, 6.07) is 69.5. The van der Waals surface area contributed by atoms with E-state index in [1.165, 1.54) is 0 Å². The maximum absolute atomic E-state index is 12.0. The number of hydrogen-bond acceptors (Lipinski definition) is 3. The van der Waals surface area contributed by atoms with Gasteiger partial charge >= 0.3 is 0 Å². The highest BCUT2D eigenvalue weighted by Gasteiger charge is 2.33. The van der Waals surface area contributed by atoms with Gasteiger partial charge < -0.3 is 13.7 Å². The van der Waals surface area contributed by atoms with Crippen LogP contribution >= 0.6 is 0 Å². The van der Waals surface area contributed by atoms with Gasteiger partial charge in [0.2, 0.25) is 0 Å². The Morgan fingerprint density at radius 2 is 0.705 bits per heavy atom. The molecule has 3 aromatic heterocycles. The first kappa shape index (κ1) is 34.2. The molecule has 12 rings (SSSR count). The molecule has 0 atom stereocenters. The zero-order chi connectivity index (χ0) is 40.8. The fourth-order valence-corrected chi connectivity index (χ4v) is 9.82. The van der Waals surface area contributed by atoms with Gasteiger partial charge in [0.1, 0.15) is 23.3 Å². The van der Waals surface area contributed by atoms with Crippen LogP contribution in [0.25, 0.3) is 104 Å². The van der Waals surface area contributed by atoms with Crippen LogP contribution in [0.2, 0.25) is 0 Å². The quantitative estimate of drug-likeness (QED) is 0.178. The van der Waals surface area contributed by atoms with E-state index in [4.69, 9.17) is 0 Å². The summed E-state index contributed by atoms with van der Waals surface area (Å²) in [5.41, 5.74) is 10.0. The second kappa shape index (κ2) is 13.1. The number of para-hydroxylation sites is 5. The summed E-state index contributed by atoms with van der Waals surface area (Å²) in [5, 5.41) is 42.1. The Bertz CT molecular complexity index is 3730. The first-order valence-electron chi connectivity index (χ1n) is 20.1. The Hall–Kier alpha value is -8.89. The smallest absolute Gasteiger partial charge is 0.104 e. The average Bonchev–Trinajstić information content (AvgIpc) is 3.96. The van der Waals surface area contributed by atoms with E-state index in [0.717, 1.165) is 87.3 Å². The van der Waals surface area contributed by atoms with Gasteiger partial charge in [-0.2, -0.15) is 15.8 Å². The zero-order valence-electron chi connectivity index (χ0n) is 32.5. The van der Waals surface area contributed by atoms with Gasteiger partial charge in [0.15, 0.2) is 0 Å². The molecule has 0 saturated heterocycles. The topological polar surface area (TPSA) is 86.2 Å². The van der Waals surface area contributed by atoms with E-state index in [1.807, 2.05) is 72.8 Å². The molecule has 6 nitrogen and oxygen atoms in total. The molecule has 0 unspecified atom stereocenters. The lowest BCUT2D eigenvalue weighted by Crippen LogP contribution is -2.14. The predicted molar refractivity (Wildman–Crippen MR) is 247 cm³/mol. The molecule has 61 heavy (non-hydrogen) atoms. The second-order valence-electron chi connectivity index (χ2n) is 15.4. The second-order valence-corrected chi connectivity index (χ2v) is 15.4. The van der Waals surface area contributed by atoms with E-state index in [1.54, 1.807) is 6.07 Å². The Morgan fingerprint density at radius 3 is 1.16 bits per heavy atom. The van der Waals surface area contributed by atoms with Crippen LogP contribution in [0.3, 0.4) is 0 Å². The van der Waals surface area contributed by atoms with Crippen LogP contribution in [0, 0.1) is 34.0 Å². The average molecular weight is 775 g/mol. The van der Waals surface area contributed by atoms with Crippen molar-refractivity contribution in [3.63, 3.8) is 0 Å². The maximum Gasteiger partial charge on any atom is 0.104 e. The number of hydrogen-bond donors (Lipinski definition) is 0. The summed E-state index contributed by atoms with van der Waals surface area (Å²) in [4.78, 5) is 0. The molecule has 0 radical (unpaired) electrons. The minimum absolute atomic E-state index is 0.350. The van der Waals surface area contributed by atoms with Crippen LogP contribution < -0.4 is 0 Å². The number of nitrogens with zero attached hydrogens (tertiary/aromatic N) is 6. The fraction of sp³-hybridized carbons (Fsp3) is 0. The summed E-state index contributed by atoms with van der Waals surface area (Å²) in [7, 11) is 0.